The van der Waals surface area contributed by atoms with E-state index in [0.29, 0.717) is 5.82 Å². The fourth-order valence-electron chi connectivity index (χ4n) is 1.88. The standard InChI is InChI=1S/C14H18N4O2/c1-3-5-12-16-13(18-17-12)14(20)15-9(2)10-6-4-7-11(19)8-10/h4,6-9,19H,3,5H2,1-2H3,(H,15,20)(H,16,17,18). The minimum Gasteiger partial charge on any atom is -0.508 e. The van der Waals surface area contributed by atoms with Crippen molar-refractivity contribution < 1.29 is 9.90 Å². The summed E-state index contributed by atoms with van der Waals surface area (Å²) in [5.41, 5.74) is 0.822. The van der Waals surface area contributed by atoms with E-state index in [2.05, 4.69) is 20.5 Å². The summed E-state index contributed by atoms with van der Waals surface area (Å²) >= 11 is 0. The average molecular weight is 274 g/mol. The second-order valence-corrected chi connectivity index (χ2v) is 4.65. The molecule has 2 aromatic rings. The molecule has 0 radical (unpaired) electrons. The molecule has 0 aliphatic rings. The van der Waals surface area contributed by atoms with Crippen molar-refractivity contribution in [3.63, 3.8) is 0 Å². The first-order valence-corrected chi connectivity index (χ1v) is 6.61. The van der Waals surface area contributed by atoms with Crippen LogP contribution in [-0.2, 0) is 6.42 Å². The van der Waals surface area contributed by atoms with Crippen LogP contribution in [0.5, 0.6) is 5.75 Å². The fourth-order valence-corrected chi connectivity index (χ4v) is 1.88. The second kappa shape index (κ2) is 6.18. The van der Waals surface area contributed by atoms with Gasteiger partial charge in [0.2, 0.25) is 5.82 Å². The maximum Gasteiger partial charge on any atom is 0.291 e. The summed E-state index contributed by atoms with van der Waals surface area (Å²) in [4.78, 5) is 16.1. The molecule has 0 bridgehead atoms. The van der Waals surface area contributed by atoms with Gasteiger partial charge >= 0.3 is 0 Å². The lowest BCUT2D eigenvalue weighted by Crippen LogP contribution is -2.27. The van der Waals surface area contributed by atoms with E-state index in [0.717, 1.165) is 18.4 Å². The number of phenols is 1. The molecular formula is C14H18N4O2. The van der Waals surface area contributed by atoms with Gasteiger partial charge in [0.25, 0.3) is 5.91 Å². The number of aromatic nitrogens is 3. The largest absolute Gasteiger partial charge is 0.508 e. The number of rotatable bonds is 5. The molecule has 20 heavy (non-hydrogen) atoms. The third-order valence-electron chi connectivity index (χ3n) is 2.94. The molecule has 0 saturated carbocycles. The highest BCUT2D eigenvalue weighted by atomic mass is 16.3. The van der Waals surface area contributed by atoms with E-state index in [4.69, 9.17) is 0 Å². The summed E-state index contributed by atoms with van der Waals surface area (Å²) in [6, 6.07) is 6.54. The molecule has 1 amide bonds. The number of hydrogen-bond donors (Lipinski definition) is 3. The van der Waals surface area contributed by atoms with Crippen LogP contribution in [0.1, 0.15) is 48.3 Å². The van der Waals surface area contributed by atoms with Crippen molar-refractivity contribution in [2.75, 3.05) is 0 Å². The van der Waals surface area contributed by atoms with Crippen molar-refractivity contribution in [3.05, 3.63) is 41.5 Å². The number of nitrogens with zero attached hydrogens (tertiary/aromatic N) is 2. The SMILES string of the molecule is CCCc1nc(C(=O)NC(C)c2cccc(O)c2)n[nH]1. The van der Waals surface area contributed by atoms with Gasteiger partial charge in [0.1, 0.15) is 11.6 Å². The number of aryl methyl sites for hydroxylation is 1. The van der Waals surface area contributed by atoms with Crippen LogP contribution >= 0.6 is 0 Å². The van der Waals surface area contributed by atoms with Crippen molar-refractivity contribution >= 4 is 5.91 Å². The van der Waals surface area contributed by atoms with Crippen LogP contribution in [-0.4, -0.2) is 26.2 Å². The quantitative estimate of drug-likeness (QED) is 0.777. The van der Waals surface area contributed by atoms with Gasteiger partial charge in [-0.05, 0) is 31.0 Å². The van der Waals surface area contributed by atoms with E-state index in [9.17, 15) is 9.90 Å². The van der Waals surface area contributed by atoms with Gasteiger partial charge in [-0.15, -0.1) is 5.10 Å². The van der Waals surface area contributed by atoms with Gasteiger partial charge in [0.05, 0.1) is 6.04 Å². The number of carbonyl (C=O) groups excluding carboxylic acids is 1. The van der Waals surface area contributed by atoms with Gasteiger partial charge in [-0.25, -0.2) is 4.98 Å². The summed E-state index contributed by atoms with van der Waals surface area (Å²) in [6.07, 6.45) is 1.71. The Kier molecular flexibility index (Phi) is 4.34. The molecule has 0 aliphatic heterocycles. The minimum atomic E-state index is -0.334. The van der Waals surface area contributed by atoms with Crippen molar-refractivity contribution in [2.45, 2.75) is 32.7 Å². The van der Waals surface area contributed by atoms with Crippen molar-refractivity contribution in [1.82, 2.24) is 20.5 Å². The predicted molar refractivity (Wildman–Crippen MR) is 74.4 cm³/mol. The van der Waals surface area contributed by atoms with E-state index in [-0.39, 0.29) is 23.5 Å². The molecule has 2 rings (SSSR count). The summed E-state index contributed by atoms with van der Waals surface area (Å²) in [5.74, 6) is 0.689. The Balaban J connectivity index is 2.03. The average Bonchev–Trinajstić information content (AvgIpc) is 2.88. The second-order valence-electron chi connectivity index (χ2n) is 4.65. The Morgan fingerprint density at radius 2 is 2.30 bits per heavy atom. The number of aromatic amines is 1. The molecular weight excluding hydrogens is 256 g/mol. The van der Waals surface area contributed by atoms with Gasteiger partial charge in [0.15, 0.2) is 0 Å². The predicted octanol–water partition coefficient (Wildman–Crippen LogP) is 1.95. The normalized spacial score (nSPS) is 12.1. The summed E-state index contributed by atoms with van der Waals surface area (Å²) < 4.78 is 0. The number of hydrogen-bond acceptors (Lipinski definition) is 4. The molecule has 1 aromatic carbocycles. The monoisotopic (exact) mass is 274 g/mol. The Hall–Kier alpha value is -2.37. The zero-order chi connectivity index (χ0) is 14.5. The number of carbonyl (C=O) groups is 1. The molecule has 106 valence electrons. The van der Waals surface area contributed by atoms with E-state index >= 15 is 0 Å². The van der Waals surface area contributed by atoms with Crippen LogP contribution in [0.25, 0.3) is 0 Å². The number of nitrogens with one attached hydrogen (secondary N) is 2. The third kappa shape index (κ3) is 3.34. The molecule has 1 unspecified atom stereocenters. The first-order chi connectivity index (χ1) is 9.60. The fraction of sp³-hybridized carbons (Fsp3) is 0.357. The first kappa shape index (κ1) is 14.0. The third-order valence-corrected chi connectivity index (χ3v) is 2.94. The molecule has 3 N–H and O–H groups in total. The molecule has 1 atom stereocenters. The molecule has 1 aromatic heterocycles. The number of amides is 1. The Labute approximate surface area is 117 Å². The number of aromatic hydroxyl groups is 1. The molecule has 0 spiro atoms. The molecule has 0 fully saturated rings. The molecule has 6 heteroatoms. The van der Waals surface area contributed by atoms with Crippen molar-refractivity contribution in [1.29, 1.82) is 0 Å². The van der Waals surface area contributed by atoms with Gasteiger partial charge in [0, 0.05) is 6.42 Å². The topological polar surface area (TPSA) is 90.9 Å². The number of phenolic OH excluding ortho intramolecular Hbond substituents is 1. The summed E-state index contributed by atoms with van der Waals surface area (Å²) in [5, 5.41) is 18.9. The molecule has 0 saturated heterocycles. The lowest BCUT2D eigenvalue weighted by molar-refractivity contribution is 0.0929. The lowest BCUT2D eigenvalue weighted by atomic mass is 10.1. The Morgan fingerprint density at radius 1 is 1.50 bits per heavy atom. The smallest absolute Gasteiger partial charge is 0.291 e. The summed E-state index contributed by atoms with van der Waals surface area (Å²) in [6.45, 7) is 3.87. The van der Waals surface area contributed by atoms with E-state index in [1.807, 2.05) is 19.9 Å². The zero-order valence-corrected chi connectivity index (χ0v) is 11.6. The highest BCUT2D eigenvalue weighted by molar-refractivity contribution is 5.90. The lowest BCUT2D eigenvalue weighted by Gasteiger charge is -2.13. The van der Waals surface area contributed by atoms with E-state index in [1.165, 1.54) is 0 Å². The maximum atomic E-state index is 12.0. The van der Waals surface area contributed by atoms with Crippen molar-refractivity contribution in [2.24, 2.45) is 0 Å². The zero-order valence-electron chi connectivity index (χ0n) is 11.6. The van der Waals surface area contributed by atoms with Gasteiger partial charge in [-0.3, -0.25) is 9.89 Å². The number of H-pyrrole nitrogens is 1. The van der Waals surface area contributed by atoms with Crippen LogP contribution < -0.4 is 5.32 Å². The van der Waals surface area contributed by atoms with E-state index < -0.39 is 0 Å². The highest BCUT2D eigenvalue weighted by Crippen LogP contribution is 2.17. The van der Waals surface area contributed by atoms with Crippen LogP contribution in [0.3, 0.4) is 0 Å². The first-order valence-electron chi connectivity index (χ1n) is 6.61. The molecule has 6 nitrogen and oxygen atoms in total. The molecule has 0 aliphatic carbocycles. The van der Waals surface area contributed by atoms with Crippen LogP contribution in [0, 0.1) is 0 Å². The maximum absolute atomic E-state index is 12.0. The molecule has 1 heterocycles. The van der Waals surface area contributed by atoms with Gasteiger partial charge < -0.3 is 10.4 Å². The van der Waals surface area contributed by atoms with Crippen LogP contribution in [0.15, 0.2) is 24.3 Å². The number of benzene rings is 1. The highest BCUT2D eigenvalue weighted by Gasteiger charge is 2.15. The summed E-state index contributed by atoms with van der Waals surface area (Å²) in [7, 11) is 0. The Morgan fingerprint density at radius 3 is 3.00 bits per heavy atom. The van der Waals surface area contributed by atoms with Gasteiger partial charge in [-0.1, -0.05) is 19.1 Å². The van der Waals surface area contributed by atoms with Gasteiger partial charge in [-0.2, -0.15) is 0 Å². The van der Waals surface area contributed by atoms with E-state index in [1.54, 1.807) is 18.2 Å². The Bertz CT molecular complexity index is 594. The van der Waals surface area contributed by atoms with Crippen LogP contribution in [0.4, 0.5) is 0 Å². The van der Waals surface area contributed by atoms with Crippen LogP contribution in [0.2, 0.25) is 0 Å². The van der Waals surface area contributed by atoms with Crippen molar-refractivity contribution in [3.8, 4) is 5.75 Å². The minimum absolute atomic E-state index is 0.139.